The lowest BCUT2D eigenvalue weighted by Gasteiger charge is -2.33. The number of hydrogen-bond acceptors (Lipinski definition) is 6. The molecule has 2 aliphatic rings. The van der Waals surface area contributed by atoms with E-state index in [1.54, 1.807) is 7.11 Å². The summed E-state index contributed by atoms with van der Waals surface area (Å²) in [5.41, 5.74) is 9.74. The standard InChI is InChI=1S/C36H52N6O6S/c1-24-19-25(2)32(30(20-24)48-5)36(3,4)22-31(43)39-35(37)41-17-14-27(15-18-41)23-38-33(44)29-13-10-16-42(29)34(45)28(40-49(6,46)47)21-26-11-8-7-9-12-26/h7-9,11-12,19-20,27-29,40H,10,13-18,21-23H2,1-6H3,(H,38,44)(H2,37,39,43)/t28-,29+/m1/s1. The van der Waals surface area contributed by atoms with Crippen LogP contribution >= 0.6 is 0 Å². The van der Waals surface area contributed by atoms with Crippen LogP contribution in [-0.2, 0) is 36.2 Å². The zero-order chi connectivity index (χ0) is 35.9. The number of guanidine groups is 1. The van der Waals surface area contributed by atoms with E-state index >= 15 is 0 Å². The molecule has 2 aromatic carbocycles. The molecular formula is C36H52N6O6S. The number of benzene rings is 2. The van der Waals surface area contributed by atoms with E-state index in [1.165, 1.54) is 4.90 Å². The highest BCUT2D eigenvalue weighted by atomic mass is 32.2. The Labute approximate surface area is 290 Å². The molecule has 2 heterocycles. The van der Waals surface area contributed by atoms with Crippen molar-refractivity contribution >= 4 is 33.7 Å². The third-order valence-electron chi connectivity index (χ3n) is 9.45. The Hall–Kier alpha value is -3.97. The molecule has 0 unspecified atom stereocenters. The molecule has 4 N–H and O–H groups in total. The van der Waals surface area contributed by atoms with Crippen LogP contribution in [0.25, 0.3) is 0 Å². The van der Waals surface area contributed by atoms with Crippen molar-refractivity contribution in [2.24, 2.45) is 16.6 Å². The molecule has 0 aliphatic carbocycles. The number of sulfonamides is 1. The largest absolute Gasteiger partial charge is 0.496 e. The molecule has 4 rings (SSSR count). The molecule has 2 aromatic rings. The van der Waals surface area contributed by atoms with Crippen molar-refractivity contribution in [2.75, 3.05) is 39.5 Å². The maximum Gasteiger partial charge on any atom is 0.249 e. The van der Waals surface area contributed by atoms with Crippen LogP contribution in [-0.4, -0.2) is 93.5 Å². The third-order valence-corrected chi connectivity index (χ3v) is 10.2. The van der Waals surface area contributed by atoms with Gasteiger partial charge in [0.15, 0.2) is 5.96 Å². The number of likely N-dealkylation sites (tertiary alicyclic amines) is 2. The van der Waals surface area contributed by atoms with Crippen molar-refractivity contribution in [1.82, 2.24) is 19.8 Å². The predicted octanol–water partition coefficient (Wildman–Crippen LogP) is 2.80. The monoisotopic (exact) mass is 696 g/mol. The van der Waals surface area contributed by atoms with Gasteiger partial charge in [0.1, 0.15) is 17.8 Å². The highest BCUT2D eigenvalue weighted by Gasteiger charge is 2.38. The van der Waals surface area contributed by atoms with E-state index < -0.39 is 33.4 Å². The molecule has 13 heteroatoms. The van der Waals surface area contributed by atoms with Crippen LogP contribution in [0.4, 0.5) is 0 Å². The van der Waals surface area contributed by atoms with E-state index in [9.17, 15) is 22.8 Å². The van der Waals surface area contributed by atoms with E-state index in [2.05, 4.69) is 21.1 Å². The average molecular weight is 697 g/mol. The molecular weight excluding hydrogens is 644 g/mol. The Morgan fingerprint density at radius 1 is 1.06 bits per heavy atom. The third kappa shape index (κ3) is 10.3. The van der Waals surface area contributed by atoms with Crippen LogP contribution in [0.15, 0.2) is 47.5 Å². The quantitative estimate of drug-likeness (QED) is 0.225. The topological polar surface area (TPSA) is 163 Å². The molecule has 2 fully saturated rings. The van der Waals surface area contributed by atoms with Gasteiger partial charge in [-0.25, -0.2) is 13.1 Å². The highest BCUT2D eigenvalue weighted by Crippen LogP contribution is 2.38. The minimum atomic E-state index is -3.67. The van der Waals surface area contributed by atoms with E-state index in [1.807, 2.05) is 69.0 Å². The molecule has 0 bridgehead atoms. The summed E-state index contributed by atoms with van der Waals surface area (Å²) in [6, 6.07) is 11.6. The summed E-state index contributed by atoms with van der Waals surface area (Å²) in [7, 11) is -2.03. The second kappa shape index (κ2) is 16.2. The first-order valence-corrected chi connectivity index (χ1v) is 18.8. The van der Waals surface area contributed by atoms with Crippen molar-refractivity contribution in [3.63, 3.8) is 0 Å². The number of rotatable bonds is 12. The van der Waals surface area contributed by atoms with Gasteiger partial charge in [0.05, 0.1) is 13.4 Å². The van der Waals surface area contributed by atoms with Gasteiger partial charge in [-0.3, -0.25) is 14.4 Å². The van der Waals surface area contributed by atoms with Gasteiger partial charge in [-0.1, -0.05) is 50.2 Å². The summed E-state index contributed by atoms with van der Waals surface area (Å²) in [5.74, 6) is 0.214. The van der Waals surface area contributed by atoms with Crippen molar-refractivity contribution in [2.45, 2.75) is 83.7 Å². The lowest BCUT2D eigenvalue weighted by atomic mass is 9.78. The Kier molecular flexibility index (Phi) is 12.5. The summed E-state index contributed by atoms with van der Waals surface area (Å²) in [5, 5.41) is 3.04. The van der Waals surface area contributed by atoms with Crippen molar-refractivity contribution in [3.8, 4) is 5.75 Å². The molecule has 3 amide bonds. The van der Waals surface area contributed by atoms with E-state index in [0.717, 1.165) is 47.1 Å². The number of amides is 3. The van der Waals surface area contributed by atoms with Crippen molar-refractivity contribution in [1.29, 1.82) is 0 Å². The number of piperidine rings is 1. The molecule has 0 spiro atoms. The van der Waals surface area contributed by atoms with E-state index in [-0.39, 0.29) is 36.5 Å². The first-order valence-electron chi connectivity index (χ1n) is 16.9. The van der Waals surface area contributed by atoms with E-state index in [4.69, 9.17) is 10.5 Å². The van der Waals surface area contributed by atoms with Gasteiger partial charge in [-0.05, 0) is 74.6 Å². The predicted molar refractivity (Wildman–Crippen MR) is 191 cm³/mol. The maximum atomic E-state index is 13.6. The normalized spacial score (nSPS) is 18.3. The number of nitrogens with one attached hydrogen (secondary N) is 2. The molecule has 2 saturated heterocycles. The van der Waals surface area contributed by atoms with Gasteiger partial charge in [0.2, 0.25) is 27.7 Å². The summed E-state index contributed by atoms with van der Waals surface area (Å²) < 4.78 is 32.3. The molecule has 268 valence electrons. The Morgan fingerprint density at radius 3 is 2.37 bits per heavy atom. The number of aryl methyl sites for hydroxylation is 2. The molecule has 2 atom stereocenters. The molecule has 49 heavy (non-hydrogen) atoms. The second-order valence-corrected chi connectivity index (χ2v) is 15.9. The van der Waals surface area contributed by atoms with Crippen molar-refractivity contribution in [3.05, 3.63) is 64.7 Å². The molecule has 12 nitrogen and oxygen atoms in total. The number of hydrogen-bond donors (Lipinski definition) is 3. The number of nitrogens with zero attached hydrogens (tertiary/aromatic N) is 3. The SMILES string of the molecule is COc1cc(C)cc(C)c1C(C)(C)CC(=O)/N=C(\N)N1CCC(CNC(=O)[C@@H]2CCCN2C(=O)[C@@H](Cc2ccccc2)NS(C)(=O)=O)CC1. The van der Waals surface area contributed by atoms with Gasteiger partial charge >= 0.3 is 0 Å². The van der Waals surface area contributed by atoms with Crippen LogP contribution < -0.4 is 20.5 Å². The fourth-order valence-corrected chi connectivity index (χ4v) is 7.88. The van der Waals surface area contributed by atoms with Crippen LogP contribution in [0.3, 0.4) is 0 Å². The second-order valence-electron chi connectivity index (χ2n) is 14.1. The summed E-state index contributed by atoms with van der Waals surface area (Å²) in [6.07, 6.45) is 4.07. The Morgan fingerprint density at radius 2 is 1.73 bits per heavy atom. The Balaban J connectivity index is 1.29. The zero-order valence-corrected chi connectivity index (χ0v) is 30.4. The average Bonchev–Trinajstić information content (AvgIpc) is 3.52. The minimum Gasteiger partial charge on any atom is -0.496 e. The number of nitrogens with two attached hydrogens (primary N) is 1. The molecule has 0 radical (unpaired) electrons. The van der Waals surface area contributed by atoms with Gasteiger partial charge in [-0.2, -0.15) is 4.99 Å². The van der Waals surface area contributed by atoms with Crippen LogP contribution in [0.2, 0.25) is 0 Å². The van der Waals surface area contributed by atoms with Crippen LogP contribution in [0.1, 0.15) is 68.2 Å². The molecule has 0 aromatic heterocycles. The smallest absolute Gasteiger partial charge is 0.249 e. The zero-order valence-electron chi connectivity index (χ0n) is 29.6. The number of carbonyl (C=O) groups excluding carboxylic acids is 3. The van der Waals surface area contributed by atoms with Gasteiger partial charge < -0.3 is 25.6 Å². The highest BCUT2D eigenvalue weighted by molar-refractivity contribution is 7.88. The minimum absolute atomic E-state index is 0.175. The fourth-order valence-electron chi connectivity index (χ4n) is 7.18. The van der Waals surface area contributed by atoms with E-state index in [0.29, 0.717) is 39.0 Å². The summed E-state index contributed by atoms with van der Waals surface area (Å²) in [6.45, 7) is 10.1. The number of carbonyl (C=O) groups is 3. The first kappa shape index (κ1) is 37.8. The number of methoxy groups -OCH3 is 1. The first-order chi connectivity index (χ1) is 23.1. The van der Waals surface area contributed by atoms with Gasteiger partial charge in [0.25, 0.3) is 0 Å². The van der Waals surface area contributed by atoms with Crippen LogP contribution in [0, 0.1) is 19.8 Å². The number of aliphatic imine (C=N–C) groups is 1. The number of ether oxygens (including phenoxy) is 1. The van der Waals surface area contributed by atoms with Crippen LogP contribution in [0.5, 0.6) is 5.75 Å². The maximum absolute atomic E-state index is 13.6. The lowest BCUT2D eigenvalue weighted by Crippen LogP contribution is -2.54. The van der Waals surface area contributed by atoms with Gasteiger partial charge in [0, 0.05) is 43.6 Å². The fraction of sp³-hybridized carbons (Fsp3) is 0.556. The molecule has 0 saturated carbocycles. The molecule has 2 aliphatic heterocycles. The Bertz CT molecular complexity index is 1640. The summed E-state index contributed by atoms with van der Waals surface area (Å²) >= 11 is 0. The van der Waals surface area contributed by atoms with Gasteiger partial charge in [-0.15, -0.1) is 0 Å². The van der Waals surface area contributed by atoms with Crippen molar-refractivity contribution < 1.29 is 27.5 Å². The summed E-state index contributed by atoms with van der Waals surface area (Å²) in [4.78, 5) is 47.6. The lowest BCUT2D eigenvalue weighted by molar-refractivity contribution is -0.139.